The van der Waals surface area contributed by atoms with Gasteiger partial charge in [-0.3, -0.25) is 18.2 Å². The van der Waals surface area contributed by atoms with Crippen LogP contribution in [0.15, 0.2) is 120 Å². The number of nitrogens with zero attached hydrogens (tertiary/aromatic N) is 1. The van der Waals surface area contributed by atoms with Crippen molar-refractivity contribution >= 4 is 109 Å². The van der Waals surface area contributed by atoms with Crippen LogP contribution in [0, 0.1) is 0 Å². The molecule has 0 unspecified atom stereocenters. The smallest absolute Gasteiger partial charge is 0.295 e. The Balaban J connectivity index is 1.32. The van der Waals surface area contributed by atoms with Crippen LogP contribution in [0.1, 0.15) is 95.8 Å². The zero-order chi connectivity index (χ0) is 53.5. The van der Waals surface area contributed by atoms with Crippen LogP contribution in [0.5, 0.6) is 0 Å². The second-order valence-electron chi connectivity index (χ2n) is 18.7. The van der Waals surface area contributed by atoms with Crippen LogP contribution in [0.25, 0.3) is 27.1 Å². The van der Waals surface area contributed by atoms with Crippen molar-refractivity contribution in [2.45, 2.75) is 109 Å². The standard InChI is InChI=1S/C47H52ClNO18S6/c1-46(2)36(34(12-5-7-22-70(52,53)54)35-17-13-30-24-32(68-66-64-50)26-39(73(61,62)63)42(30)43(35)46)18-14-28-10-9-11-29(45(28)48)16-20-40-47(3,4)44-37(49(40)21-6-8-23-71(55,56)57)19-15-31-25-33(72(58,59)60)27-38(41(31)44)69-67-65-51/h13-20,24-27,50-51H,5-12,21-23H2,1-4H3,(H,52,53,54)(H,55,56,57)(H,58,59,60)(H,61,62,63)/b18-14+,29-16+,40-20+. The van der Waals surface area contributed by atoms with Gasteiger partial charge in [0.25, 0.3) is 40.5 Å². The van der Waals surface area contributed by atoms with Crippen LogP contribution in [-0.2, 0) is 70.0 Å². The molecular formula is C47H52ClNO18S6. The lowest BCUT2D eigenvalue weighted by Gasteiger charge is -2.27. The number of rotatable bonds is 21. The molecule has 0 bridgehead atoms. The van der Waals surface area contributed by atoms with Crippen LogP contribution in [0.3, 0.4) is 0 Å². The highest BCUT2D eigenvalue weighted by Gasteiger charge is 2.43. The quantitative estimate of drug-likeness (QED) is 0.0148. The van der Waals surface area contributed by atoms with Gasteiger partial charge < -0.3 is 4.90 Å². The van der Waals surface area contributed by atoms with Gasteiger partial charge in [-0.05, 0) is 138 Å². The molecule has 7 rings (SSSR count). The average Bonchev–Trinajstić information content (AvgIpc) is 3.65. The van der Waals surface area contributed by atoms with Gasteiger partial charge in [-0.15, -0.1) is 8.67 Å². The van der Waals surface area contributed by atoms with E-state index in [-0.39, 0.29) is 28.0 Å². The van der Waals surface area contributed by atoms with Crippen molar-refractivity contribution in [1.29, 1.82) is 0 Å². The first-order chi connectivity index (χ1) is 34.1. The largest absolute Gasteiger partial charge is 0.344 e. The van der Waals surface area contributed by atoms with Crippen molar-refractivity contribution in [2.75, 3.05) is 23.0 Å². The van der Waals surface area contributed by atoms with E-state index in [1.807, 2.05) is 63.0 Å². The molecule has 73 heavy (non-hydrogen) atoms. The molecular weight excluding hydrogens is 1090 g/mol. The highest BCUT2D eigenvalue weighted by Crippen LogP contribution is 2.55. The molecule has 2 aliphatic carbocycles. The van der Waals surface area contributed by atoms with E-state index in [0.29, 0.717) is 113 Å². The van der Waals surface area contributed by atoms with E-state index < -0.39 is 72.6 Å². The number of hydrogen-bond acceptors (Lipinski definition) is 17. The van der Waals surface area contributed by atoms with E-state index in [2.05, 4.69) is 14.4 Å². The van der Waals surface area contributed by atoms with Gasteiger partial charge in [-0.2, -0.15) is 33.7 Å². The zero-order valence-electron chi connectivity index (χ0n) is 39.6. The van der Waals surface area contributed by atoms with Gasteiger partial charge in [0.1, 0.15) is 4.90 Å². The summed E-state index contributed by atoms with van der Waals surface area (Å²) in [6, 6.07) is 12.3. The van der Waals surface area contributed by atoms with Crippen molar-refractivity contribution < 1.29 is 81.1 Å². The number of fused-ring (bicyclic) bond motifs is 6. The molecule has 3 aliphatic rings. The van der Waals surface area contributed by atoms with Crippen LogP contribution in [0.2, 0.25) is 0 Å². The molecule has 4 aromatic rings. The Morgan fingerprint density at radius 1 is 0.699 bits per heavy atom. The molecule has 0 spiro atoms. The van der Waals surface area contributed by atoms with E-state index in [4.69, 9.17) is 26.4 Å². The molecule has 0 aromatic heterocycles. The maximum atomic E-state index is 13.0. The number of allylic oxidation sites excluding steroid dienone is 10. The van der Waals surface area contributed by atoms with Crippen LogP contribution in [0.4, 0.5) is 5.69 Å². The van der Waals surface area contributed by atoms with Crippen LogP contribution < -0.4 is 4.90 Å². The topological polar surface area (TPSA) is 298 Å². The zero-order valence-corrected chi connectivity index (χ0v) is 45.2. The molecule has 4 aromatic carbocycles. The normalized spacial score (nSPS) is 18.4. The molecule has 0 radical (unpaired) electrons. The number of halogens is 1. The maximum Gasteiger partial charge on any atom is 0.295 e. The van der Waals surface area contributed by atoms with Gasteiger partial charge in [0.15, 0.2) is 0 Å². The Morgan fingerprint density at radius 2 is 1.34 bits per heavy atom. The van der Waals surface area contributed by atoms with E-state index in [9.17, 15) is 51.9 Å². The molecule has 1 heterocycles. The third-order valence-corrected chi connectivity index (χ3v) is 18.2. The lowest BCUT2D eigenvalue weighted by Crippen LogP contribution is -2.27. The number of unbranched alkanes of at least 4 members (excludes halogenated alkanes) is 2. The highest BCUT2D eigenvalue weighted by atomic mass is 35.5. The molecule has 0 amide bonds. The Hall–Kier alpha value is -3.71. The Kier molecular flexibility index (Phi) is 17.3. The Labute approximate surface area is 436 Å². The minimum atomic E-state index is -4.86. The van der Waals surface area contributed by atoms with E-state index >= 15 is 0 Å². The third-order valence-electron chi connectivity index (χ3n) is 13.2. The number of hydrogen-bond donors (Lipinski definition) is 6. The lowest BCUT2D eigenvalue weighted by molar-refractivity contribution is -0.432. The average molecular weight is 1150 g/mol. The molecule has 0 fully saturated rings. The summed E-state index contributed by atoms with van der Waals surface area (Å²) in [7, 11) is -18.0. The second kappa shape index (κ2) is 22.1. The molecule has 19 nitrogen and oxygen atoms in total. The summed E-state index contributed by atoms with van der Waals surface area (Å²) in [5.74, 6) is -0.915. The molecule has 26 heteroatoms. The summed E-state index contributed by atoms with van der Waals surface area (Å²) in [4.78, 5) is 1.56. The lowest BCUT2D eigenvalue weighted by atomic mass is 9.78. The fourth-order valence-electron chi connectivity index (χ4n) is 10.2. The SMILES string of the molecule is CC1(C)C(/C=C/C2=C(Cl)C(=C/C=C3/N(CCCCS(=O)(=O)O)c4ccc5cc(S(=O)(=O)O)cc(SOOO)c5c4C3(C)C)/CCC2)=C(CCCCS(=O)(=O)O)c2ccc3cc(SOOO)cc(S(=O)(=O)O)c3c21. The van der Waals surface area contributed by atoms with Crippen molar-refractivity contribution in [1.82, 2.24) is 0 Å². The fourth-order valence-corrected chi connectivity index (χ4v) is 14.1. The number of anilines is 1. The minimum absolute atomic E-state index is 0.134. The molecule has 396 valence electrons. The monoisotopic (exact) mass is 1150 g/mol. The van der Waals surface area contributed by atoms with Crippen molar-refractivity contribution in [3.63, 3.8) is 0 Å². The predicted octanol–water partition coefficient (Wildman–Crippen LogP) is 11.0. The van der Waals surface area contributed by atoms with E-state index in [1.54, 1.807) is 24.3 Å². The fraction of sp³-hybridized carbons (Fsp3) is 0.362. The van der Waals surface area contributed by atoms with Gasteiger partial charge in [-0.1, -0.05) is 85.8 Å². The van der Waals surface area contributed by atoms with Crippen molar-refractivity contribution in [2.24, 2.45) is 0 Å². The summed E-state index contributed by atoms with van der Waals surface area (Å²) in [5, 5.41) is 27.5. The molecule has 0 atom stereocenters. The van der Waals surface area contributed by atoms with Gasteiger partial charge in [0.05, 0.1) is 40.5 Å². The molecule has 6 N–H and O–H groups in total. The summed E-state index contributed by atoms with van der Waals surface area (Å²) in [6.45, 7) is 8.01. The van der Waals surface area contributed by atoms with Gasteiger partial charge in [0.2, 0.25) is 0 Å². The summed E-state index contributed by atoms with van der Waals surface area (Å²) >= 11 is 8.34. The summed E-state index contributed by atoms with van der Waals surface area (Å²) in [6.07, 6.45) is 10.8. The second-order valence-corrected chi connectivity index (χ2v) is 26.5. The predicted molar refractivity (Wildman–Crippen MR) is 277 cm³/mol. The van der Waals surface area contributed by atoms with Gasteiger partial charge in [0, 0.05) is 54.4 Å². The summed E-state index contributed by atoms with van der Waals surface area (Å²) < 4.78 is 146. The highest BCUT2D eigenvalue weighted by molar-refractivity contribution is 7.95. The number of benzene rings is 4. The maximum absolute atomic E-state index is 13.0. The van der Waals surface area contributed by atoms with E-state index in [0.717, 1.165) is 28.0 Å². The Bertz CT molecular complexity index is 3490. The first-order valence-electron chi connectivity index (χ1n) is 22.5. The summed E-state index contributed by atoms with van der Waals surface area (Å²) in [5.41, 5.74) is 4.77. The van der Waals surface area contributed by atoms with E-state index in [1.165, 1.54) is 18.2 Å². The molecule has 0 saturated heterocycles. The van der Waals surface area contributed by atoms with Gasteiger partial charge in [-0.25, -0.2) is 10.5 Å². The minimum Gasteiger partial charge on any atom is -0.344 e. The molecule has 0 saturated carbocycles. The third kappa shape index (κ3) is 12.6. The molecule has 1 aliphatic heterocycles. The van der Waals surface area contributed by atoms with Crippen LogP contribution in [-0.4, -0.2) is 80.4 Å². The first kappa shape index (κ1) is 57.0. The van der Waals surface area contributed by atoms with Gasteiger partial charge >= 0.3 is 0 Å². The van der Waals surface area contributed by atoms with Crippen molar-refractivity contribution in [3.05, 3.63) is 117 Å². The Morgan fingerprint density at radius 3 is 1.99 bits per heavy atom. The first-order valence-corrected chi connectivity index (χ1v) is 30.4. The van der Waals surface area contributed by atoms with Crippen LogP contribution >= 0.6 is 35.7 Å². The van der Waals surface area contributed by atoms with Crippen molar-refractivity contribution in [3.8, 4) is 0 Å².